The molecule has 0 bridgehead atoms. The number of hydrogen-bond acceptors (Lipinski definition) is 2. The quantitative estimate of drug-likeness (QED) is 0.766. The van der Waals surface area contributed by atoms with Crippen molar-refractivity contribution in [3.05, 3.63) is 64.5 Å². The Bertz CT molecular complexity index is 768. The maximum atomic E-state index is 14.4. The minimum atomic E-state index is -0.923. The van der Waals surface area contributed by atoms with Crippen LogP contribution in [0.5, 0.6) is 5.75 Å². The Morgan fingerprint density at radius 1 is 0.962 bits per heavy atom. The molecule has 2 aromatic rings. The zero-order valence-electron chi connectivity index (χ0n) is 14.8. The second kappa shape index (κ2) is 8.12. The molecule has 2 nitrogen and oxygen atoms in total. The van der Waals surface area contributed by atoms with Crippen LogP contribution in [0.1, 0.15) is 61.1 Å². The Labute approximate surface area is 151 Å². The summed E-state index contributed by atoms with van der Waals surface area (Å²) in [7, 11) is 0. The summed E-state index contributed by atoms with van der Waals surface area (Å²) in [5.74, 6) is -2.04. The van der Waals surface area contributed by atoms with Crippen molar-refractivity contribution in [3.63, 3.8) is 0 Å². The van der Waals surface area contributed by atoms with Gasteiger partial charge in [0, 0.05) is 5.56 Å². The minimum absolute atomic E-state index is 0.0435. The molecule has 1 aliphatic carbocycles. The number of ether oxygens (including phenoxy) is 1. The predicted molar refractivity (Wildman–Crippen MR) is 93.8 cm³/mol. The predicted octanol–water partition coefficient (Wildman–Crippen LogP) is 5.44. The fraction of sp³-hybridized carbons (Fsp3) is 0.429. The maximum Gasteiger partial charge on any atom is 0.200 e. The van der Waals surface area contributed by atoms with Crippen LogP contribution in [-0.2, 0) is 6.61 Å². The minimum Gasteiger partial charge on any atom is -0.491 e. The van der Waals surface area contributed by atoms with Gasteiger partial charge in [0.05, 0.1) is 13.2 Å². The molecule has 0 amide bonds. The summed E-state index contributed by atoms with van der Waals surface area (Å²) < 4.78 is 47.5. The Morgan fingerprint density at radius 3 is 2.27 bits per heavy atom. The molecule has 26 heavy (non-hydrogen) atoms. The molecule has 2 aromatic carbocycles. The molecule has 1 fully saturated rings. The van der Waals surface area contributed by atoms with Gasteiger partial charge in [-0.05, 0) is 67.7 Å². The van der Waals surface area contributed by atoms with Gasteiger partial charge in [-0.1, -0.05) is 18.2 Å². The Morgan fingerprint density at radius 2 is 1.65 bits per heavy atom. The van der Waals surface area contributed by atoms with Crippen LogP contribution in [0.25, 0.3) is 0 Å². The van der Waals surface area contributed by atoms with E-state index in [1.807, 2.05) is 6.07 Å². The SMILES string of the molecule is CCOc1ccc(C2CCC(c3ccc(CO)c(F)c3)CC2)c(F)c1F. The lowest BCUT2D eigenvalue weighted by atomic mass is 9.76. The van der Waals surface area contributed by atoms with Crippen LogP contribution in [-0.4, -0.2) is 11.7 Å². The van der Waals surface area contributed by atoms with E-state index in [0.29, 0.717) is 5.56 Å². The van der Waals surface area contributed by atoms with Crippen LogP contribution < -0.4 is 4.74 Å². The van der Waals surface area contributed by atoms with Crippen molar-refractivity contribution in [2.75, 3.05) is 6.61 Å². The molecule has 0 saturated heterocycles. The summed E-state index contributed by atoms with van der Waals surface area (Å²) in [6.07, 6.45) is 3.02. The van der Waals surface area contributed by atoms with E-state index in [-0.39, 0.29) is 36.4 Å². The van der Waals surface area contributed by atoms with Gasteiger partial charge < -0.3 is 9.84 Å². The lowest BCUT2D eigenvalue weighted by Gasteiger charge is -2.29. The molecule has 0 aliphatic heterocycles. The highest BCUT2D eigenvalue weighted by Gasteiger charge is 2.27. The molecule has 0 unspecified atom stereocenters. The zero-order valence-corrected chi connectivity index (χ0v) is 14.8. The van der Waals surface area contributed by atoms with E-state index < -0.39 is 17.5 Å². The van der Waals surface area contributed by atoms with Crippen LogP contribution in [0.4, 0.5) is 13.2 Å². The topological polar surface area (TPSA) is 29.5 Å². The molecule has 1 aliphatic rings. The van der Waals surface area contributed by atoms with Gasteiger partial charge in [-0.25, -0.2) is 8.78 Å². The molecule has 140 valence electrons. The van der Waals surface area contributed by atoms with E-state index in [4.69, 9.17) is 9.84 Å². The molecule has 0 atom stereocenters. The van der Waals surface area contributed by atoms with Gasteiger partial charge in [0.2, 0.25) is 5.82 Å². The lowest BCUT2D eigenvalue weighted by molar-refractivity contribution is 0.275. The number of aliphatic hydroxyl groups is 1. The van der Waals surface area contributed by atoms with E-state index in [9.17, 15) is 13.2 Å². The van der Waals surface area contributed by atoms with Crippen molar-refractivity contribution < 1.29 is 23.0 Å². The average Bonchev–Trinajstić information content (AvgIpc) is 2.66. The number of halogens is 3. The molecule has 0 aromatic heterocycles. The van der Waals surface area contributed by atoms with Crippen molar-refractivity contribution in [1.29, 1.82) is 0 Å². The van der Waals surface area contributed by atoms with Gasteiger partial charge in [-0.15, -0.1) is 0 Å². The van der Waals surface area contributed by atoms with Gasteiger partial charge in [-0.3, -0.25) is 0 Å². The molecule has 1 saturated carbocycles. The summed E-state index contributed by atoms with van der Waals surface area (Å²) in [5, 5.41) is 9.07. The van der Waals surface area contributed by atoms with Crippen molar-refractivity contribution in [3.8, 4) is 5.75 Å². The number of hydrogen-bond donors (Lipinski definition) is 1. The second-order valence-electron chi connectivity index (χ2n) is 6.77. The molecule has 5 heteroatoms. The summed E-state index contributed by atoms with van der Waals surface area (Å²) in [5.41, 5.74) is 1.58. The third-order valence-corrected chi connectivity index (χ3v) is 5.26. The summed E-state index contributed by atoms with van der Waals surface area (Å²) >= 11 is 0. The molecular formula is C21H23F3O2. The van der Waals surface area contributed by atoms with E-state index in [0.717, 1.165) is 31.2 Å². The van der Waals surface area contributed by atoms with Crippen molar-refractivity contribution in [2.24, 2.45) is 0 Å². The molecule has 0 radical (unpaired) electrons. The van der Waals surface area contributed by atoms with Gasteiger partial charge in [0.15, 0.2) is 11.6 Å². The molecule has 0 heterocycles. The Kier molecular flexibility index (Phi) is 5.87. The van der Waals surface area contributed by atoms with Gasteiger partial charge in [0.1, 0.15) is 5.82 Å². The first-order valence-corrected chi connectivity index (χ1v) is 9.05. The average molecular weight is 364 g/mol. The first kappa shape index (κ1) is 18.8. The van der Waals surface area contributed by atoms with Crippen molar-refractivity contribution in [1.82, 2.24) is 0 Å². The normalized spacial score (nSPS) is 20.2. The summed E-state index contributed by atoms with van der Waals surface area (Å²) in [6, 6.07) is 8.04. The molecule has 0 spiro atoms. The van der Waals surface area contributed by atoms with Gasteiger partial charge >= 0.3 is 0 Å². The molecule has 3 rings (SSSR count). The first-order chi connectivity index (χ1) is 12.5. The standard InChI is InChI=1S/C21H23F3O2/c1-2-26-19-10-9-17(20(23)21(19)24)14-5-3-13(4-6-14)15-7-8-16(12-25)18(22)11-15/h7-11,13-14,25H,2-6,12H2,1H3. The first-order valence-electron chi connectivity index (χ1n) is 9.05. The maximum absolute atomic E-state index is 14.4. The lowest BCUT2D eigenvalue weighted by Crippen LogP contribution is -2.14. The fourth-order valence-corrected chi connectivity index (χ4v) is 3.81. The second-order valence-corrected chi connectivity index (χ2v) is 6.77. The smallest absolute Gasteiger partial charge is 0.200 e. The third-order valence-electron chi connectivity index (χ3n) is 5.26. The molecular weight excluding hydrogens is 341 g/mol. The third kappa shape index (κ3) is 3.73. The summed E-state index contributed by atoms with van der Waals surface area (Å²) in [6.45, 7) is 1.69. The van der Waals surface area contributed by atoms with Crippen molar-refractivity contribution >= 4 is 0 Å². The number of rotatable bonds is 5. The summed E-state index contributed by atoms with van der Waals surface area (Å²) in [4.78, 5) is 0. The van der Waals surface area contributed by atoms with Crippen LogP contribution in [0, 0.1) is 17.5 Å². The Hall–Kier alpha value is -2.01. The van der Waals surface area contributed by atoms with Crippen molar-refractivity contribution in [2.45, 2.75) is 51.0 Å². The van der Waals surface area contributed by atoms with Crippen LogP contribution in [0.2, 0.25) is 0 Å². The fourth-order valence-electron chi connectivity index (χ4n) is 3.81. The van der Waals surface area contributed by atoms with E-state index in [1.54, 1.807) is 19.1 Å². The zero-order chi connectivity index (χ0) is 18.7. The van der Waals surface area contributed by atoms with Crippen LogP contribution in [0.15, 0.2) is 30.3 Å². The van der Waals surface area contributed by atoms with Crippen LogP contribution in [0.3, 0.4) is 0 Å². The highest BCUT2D eigenvalue weighted by molar-refractivity contribution is 5.34. The van der Waals surface area contributed by atoms with E-state index in [1.165, 1.54) is 12.1 Å². The Balaban J connectivity index is 1.71. The van der Waals surface area contributed by atoms with Crippen LogP contribution >= 0.6 is 0 Å². The monoisotopic (exact) mass is 364 g/mol. The van der Waals surface area contributed by atoms with E-state index >= 15 is 0 Å². The molecule has 1 N–H and O–H groups in total. The van der Waals surface area contributed by atoms with E-state index in [2.05, 4.69) is 0 Å². The number of benzene rings is 2. The largest absolute Gasteiger partial charge is 0.491 e. The number of aliphatic hydroxyl groups excluding tert-OH is 1. The van der Waals surface area contributed by atoms with Gasteiger partial charge in [0.25, 0.3) is 0 Å². The highest BCUT2D eigenvalue weighted by Crippen LogP contribution is 2.42. The van der Waals surface area contributed by atoms with Gasteiger partial charge in [-0.2, -0.15) is 4.39 Å². The highest BCUT2D eigenvalue weighted by atomic mass is 19.2.